The van der Waals surface area contributed by atoms with Gasteiger partial charge < -0.3 is 9.31 Å². The Morgan fingerprint density at radius 2 is 1.79 bits per heavy atom. The average Bonchev–Trinajstić information content (AvgIpc) is 3.14. The molecule has 1 atom stereocenters. The van der Waals surface area contributed by atoms with E-state index in [1.165, 1.54) is 3.97 Å². The number of rotatable bonds is 3. The van der Waals surface area contributed by atoms with Crippen LogP contribution in [0.4, 0.5) is 0 Å². The van der Waals surface area contributed by atoms with Crippen molar-refractivity contribution in [3.05, 3.63) is 54.3 Å². The van der Waals surface area contributed by atoms with Crippen molar-refractivity contribution in [2.75, 3.05) is 0 Å². The zero-order valence-corrected chi connectivity index (χ0v) is 17.7. The summed E-state index contributed by atoms with van der Waals surface area (Å²) in [7, 11) is -4.19. The van der Waals surface area contributed by atoms with Crippen LogP contribution in [0.5, 0.6) is 0 Å². The second kappa shape index (κ2) is 6.05. The molecule has 3 heterocycles. The lowest BCUT2D eigenvalue weighted by atomic mass is 9.74. The van der Waals surface area contributed by atoms with Crippen LogP contribution in [-0.4, -0.2) is 40.4 Å². The van der Waals surface area contributed by atoms with Crippen molar-refractivity contribution in [1.29, 1.82) is 0 Å². The predicted octanol–water partition coefficient (Wildman–Crippen LogP) is 3.49. The Bertz CT molecular complexity index is 1080. The van der Waals surface area contributed by atoms with E-state index in [4.69, 9.17) is 9.31 Å². The van der Waals surface area contributed by atoms with Crippen LogP contribution in [0, 0.1) is 0 Å². The van der Waals surface area contributed by atoms with Gasteiger partial charge in [-0.15, -0.1) is 0 Å². The van der Waals surface area contributed by atoms with Gasteiger partial charge in [0.25, 0.3) is 0 Å². The van der Waals surface area contributed by atoms with E-state index in [-0.39, 0.29) is 0 Å². The Labute approximate surface area is 166 Å². The SMILES string of the molecule is CC1(C)OB(C2=CCC(C)(S(=O)(=O)n3ccc4cccnc43)C=C2)OC1(C)C. The predicted molar refractivity (Wildman–Crippen MR) is 110 cm³/mol. The Morgan fingerprint density at radius 3 is 2.39 bits per heavy atom. The normalized spacial score (nSPS) is 26.6. The first-order chi connectivity index (χ1) is 13.0. The monoisotopic (exact) mass is 400 g/mol. The van der Waals surface area contributed by atoms with Gasteiger partial charge in [-0.1, -0.05) is 18.2 Å². The molecule has 148 valence electrons. The lowest BCUT2D eigenvalue weighted by molar-refractivity contribution is 0.00578. The van der Waals surface area contributed by atoms with Crippen LogP contribution in [0.15, 0.2) is 54.3 Å². The highest BCUT2D eigenvalue weighted by Crippen LogP contribution is 2.40. The molecule has 0 radical (unpaired) electrons. The van der Waals surface area contributed by atoms with E-state index >= 15 is 0 Å². The third-order valence-corrected chi connectivity index (χ3v) is 8.45. The number of hydrogen-bond donors (Lipinski definition) is 0. The maximum atomic E-state index is 13.4. The van der Waals surface area contributed by atoms with Gasteiger partial charge in [-0.2, -0.15) is 0 Å². The summed E-state index contributed by atoms with van der Waals surface area (Å²) in [5.41, 5.74) is 0.420. The fourth-order valence-corrected chi connectivity index (χ4v) is 5.02. The van der Waals surface area contributed by atoms with Crippen LogP contribution in [-0.2, 0) is 19.3 Å². The molecule has 2 aromatic rings. The quantitative estimate of drug-likeness (QED) is 0.738. The fraction of sp³-hybridized carbons (Fsp3) is 0.450. The van der Waals surface area contributed by atoms with E-state index < -0.39 is 33.1 Å². The zero-order chi connectivity index (χ0) is 20.4. The largest absolute Gasteiger partial charge is 0.494 e. The molecular formula is C20H25BN2O4S. The Hall–Kier alpha value is -1.90. The summed E-state index contributed by atoms with van der Waals surface area (Å²) in [6, 6.07) is 5.41. The second-order valence-electron chi connectivity index (χ2n) is 8.68. The molecule has 1 aliphatic heterocycles. The maximum Gasteiger partial charge on any atom is 0.494 e. The van der Waals surface area contributed by atoms with Crippen LogP contribution < -0.4 is 0 Å². The first-order valence-electron chi connectivity index (χ1n) is 9.39. The van der Waals surface area contributed by atoms with E-state index in [1.807, 2.05) is 45.9 Å². The smallest absolute Gasteiger partial charge is 0.399 e. The molecule has 0 bridgehead atoms. The van der Waals surface area contributed by atoms with Crippen LogP contribution in [0.1, 0.15) is 41.0 Å². The van der Waals surface area contributed by atoms with Gasteiger partial charge in [-0.05, 0) is 64.7 Å². The van der Waals surface area contributed by atoms with E-state index in [2.05, 4.69) is 4.98 Å². The van der Waals surface area contributed by atoms with E-state index in [9.17, 15) is 8.42 Å². The summed E-state index contributed by atoms with van der Waals surface area (Å²) in [6.07, 6.45) is 8.94. The molecular weight excluding hydrogens is 375 g/mol. The van der Waals surface area contributed by atoms with Crippen LogP contribution >= 0.6 is 0 Å². The number of fused-ring (bicyclic) bond motifs is 1. The molecule has 1 unspecified atom stereocenters. The number of allylic oxidation sites excluding steroid dienone is 3. The molecule has 2 aromatic heterocycles. The molecule has 0 aromatic carbocycles. The third-order valence-electron chi connectivity index (χ3n) is 6.16. The molecule has 0 spiro atoms. The van der Waals surface area contributed by atoms with Crippen LogP contribution in [0.25, 0.3) is 11.0 Å². The minimum atomic E-state index is -3.70. The molecule has 0 saturated carbocycles. The molecule has 2 aliphatic rings. The zero-order valence-electron chi connectivity index (χ0n) is 16.8. The molecule has 0 N–H and O–H groups in total. The summed E-state index contributed by atoms with van der Waals surface area (Å²) in [6.45, 7) is 9.72. The molecule has 1 saturated heterocycles. The third kappa shape index (κ3) is 2.77. The molecule has 1 fully saturated rings. The van der Waals surface area contributed by atoms with Crippen LogP contribution in [0.2, 0.25) is 0 Å². The summed E-state index contributed by atoms with van der Waals surface area (Å²) in [5, 5.41) is 0.794. The highest BCUT2D eigenvalue weighted by molar-refractivity contribution is 7.91. The van der Waals surface area contributed by atoms with Gasteiger partial charge in [0.05, 0.1) is 11.2 Å². The molecule has 8 heteroatoms. The van der Waals surface area contributed by atoms with Gasteiger partial charge in [0.15, 0.2) is 5.65 Å². The minimum Gasteiger partial charge on any atom is -0.399 e. The number of aromatic nitrogens is 2. The number of pyridine rings is 1. The van der Waals surface area contributed by atoms with Gasteiger partial charge in [0, 0.05) is 17.8 Å². The Morgan fingerprint density at radius 1 is 1.11 bits per heavy atom. The van der Waals surface area contributed by atoms with E-state index in [0.29, 0.717) is 12.1 Å². The van der Waals surface area contributed by atoms with E-state index in [1.54, 1.807) is 37.5 Å². The summed E-state index contributed by atoms with van der Waals surface area (Å²) < 4.78 is 39.2. The van der Waals surface area contributed by atoms with Gasteiger partial charge in [-0.3, -0.25) is 0 Å². The molecule has 1 aliphatic carbocycles. The summed E-state index contributed by atoms with van der Waals surface area (Å²) in [4.78, 5) is 4.25. The Balaban J connectivity index is 1.63. The number of nitrogens with zero attached hydrogens (tertiary/aromatic N) is 2. The van der Waals surface area contributed by atoms with E-state index in [0.717, 1.165) is 10.9 Å². The molecule has 4 rings (SSSR count). The van der Waals surface area contributed by atoms with Crippen molar-refractivity contribution in [2.24, 2.45) is 0 Å². The first-order valence-corrected chi connectivity index (χ1v) is 10.8. The highest BCUT2D eigenvalue weighted by Gasteiger charge is 2.52. The van der Waals surface area contributed by atoms with Crippen molar-refractivity contribution in [3.63, 3.8) is 0 Å². The molecule has 0 amide bonds. The topological polar surface area (TPSA) is 70.4 Å². The van der Waals surface area contributed by atoms with Crippen molar-refractivity contribution < 1.29 is 17.7 Å². The van der Waals surface area contributed by atoms with Gasteiger partial charge in [-0.25, -0.2) is 17.4 Å². The second-order valence-corrected chi connectivity index (χ2v) is 11.0. The maximum absolute atomic E-state index is 13.4. The standard InChI is InChI=1S/C20H25BN2O4S/c1-18(2)19(3,4)27-21(26-18)16-8-11-20(5,12-9-16)28(24,25)23-14-10-15-7-6-13-22-17(15)23/h6-11,13-14H,12H2,1-5H3. The first kappa shape index (κ1) is 19.4. The van der Waals surface area contributed by atoms with Crippen molar-refractivity contribution in [2.45, 2.75) is 57.0 Å². The Kier molecular flexibility index (Phi) is 4.20. The van der Waals surface area contributed by atoms with Crippen molar-refractivity contribution in [3.8, 4) is 0 Å². The van der Waals surface area contributed by atoms with Gasteiger partial charge >= 0.3 is 7.12 Å². The van der Waals surface area contributed by atoms with Crippen LogP contribution in [0.3, 0.4) is 0 Å². The van der Waals surface area contributed by atoms with Crippen molar-refractivity contribution >= 4 is 28.2 Å². The summed E-state index contributed by atoms with van der Waals surface area (Å²) >= 11 is 0. The van der Waals surface area contributed by atoms with Gasteiger partial charge in [0.2, 0.25) is 10.0 Å². The lowest BCUT2D eigenvalue weighted by Gasteiger charge is -2.32. The average molecular weight is 400 g/mol. The molecule has 28 heavy (non-hydrogen) atoms. The van der Waals surface area contributed by atoms with Gasteiger partial charge in [0.1, 0.15) is 4.75 Å². The lowest BCUT2D eigenvalue weighted by Crippen LogP contribution is -2.41. The minimum absolute atomic E-state index is 0.331. The fourth-order valence-electron chi connectivity index (χ4n) is 3.44. The van der Waals surface area contributed by atoms with Crippen molar-refractivity contribution in [1.82, 2.24) is 8.96 Å². The summed E-state index contributed by atoms with van der Waals surface area (Å²) in [5.74, 6) is 0. The molecule has 6 nitrogen and oxygen atoms in total. The highest BCUT2D eigenvalue weighted by atomic mass is 32.2. The number of hydrogen-bond acceptors (Lipinski definition) is 5.